The Labute approximate surface area is 170 Å². The summed E-state index contributed by atoms with van der Waals surface area (Å²) >= 11 is 0. The van der Waals surface area contributed by atoms with Gasteiger partial charge in [0.25, 0.3) is 23.4 Å². The van der Waals surface area contributed by atoms with Crippen LogP contribution in [-0.4, -0.2) is 45.7 Å². The second kappa shape index (κ2) is 8.11. The number of carbonyl (C=O) groups excluding carboxylic acids is 4. The maximum absolute atomic E-state index is 12.5. The van der Waals surface area contributed by atoms with Crippen LogP contribution in [0.15, 0.2) is 48.5 Å². The lowest BCUT2D eigenvalue weighted by molar-refractivity contribution is -0.384. The van der Waals surface area contributed by atoms with Gasteiger partial charge in [-0.25, -0.2) is 4.79 Å². The number of hydrogen-bond acceptors (Lipinski definition) is 7. The molecule has 30 heavy (non-hydrogen) atoms. The first-order chi connectivity index (χ1) is 14.2. The Morgan fingerprint density at radius 2 is 1.53 bits per heavy atom. The van der Waals surface area contributed by atoms with Crippen molar-refractivity contribution in [3.05, 3.63) is 69.8 Å². The van der Waals surface area contributed by atoms with Crippen LogP contribution in [0.5, 0.6) is 0 Å². The standard InChI is InChI=1S/C20H17N3O7/c1-11(22-18(25)15-5-3-4-6-16(15)19(22)26)20(27)30-12(2)17(24)21-13-7-9-14(10-8-13)23(28)29/h3-12H,1-2H3,(H,21,24)/t11-,12-/m0/s1. The topological polar surface area (TPSA) is 136 Å². The van der Waals surface area contributed by atoms with Crippen LogP contribution in [0.3, 0.4) is 0 Å². The molecule has 0 fully saturated rings. The minimum absolute atomic E-state index is 0.137. The van der Waals surface area contributed by atoms with E-state index in [2.05, 4.69) is 5.32 Å². The lowest BCUT2D eigenvalue weighted by Crippen LogP contribution is -2.45. The summed E-state index contributed by atoms with van der Waals surface area (Å²) in [6.07, 6.45) is -1.23. The van der Waals surface area contributed by atoms with Gasteiger partial charge in [0.2, 0.25) is 0 Å². The Morgan fingerprint density at radius 3 is 2.03 bits per heavy atom. The first-order valence-electron chi connectivity index (χ1n) is 8.93. The van der Waals surface area contributed by atoms with Crippen molar-refractivity contribution in [2.45, 2.75) is 26.0 Å². The fourth-order valence-electron chi connectivity index (χ4n) is 2.90. The van der Waals surface area contributed by atoms with Crippen LogP contribution in [0, 0.1) is 10.1 Å². The molecular weight excluding hydrogens is 394 g/mol. The number of ether oxygens (including phenoxy) is 1. The van der Waals surface area contributed by atoms with E-state index in [0.29, 0.717) is 0 Å². The Morgan fingerprint density at radius 1 is 1.00 bits per heavy atom. The van der Waals surface area contributed by atoms with Gasteiger partial charge in [-0.05, 0) is 38.1 Å². The number of anilines is 1. The predicted octanol–water partition coefficient (Wildman–Crippen LogP) is 2.15. The fraction of sp³-hybridized carbons (Fsp3) is 0.200. The smallest absolute Gasteiger partial charge is 0.329 e. The van der Waals surface area contributed by atoms with Gasteiger partial charge in [0.1, 0.15) is 6.04 Å². The summed E-state index contributed by atoms with van der Waals surface area (Å²) in [7, 11) is 0. The van der Waals surface area contributed by atoms with Gasteiger partial charge in [0.15, 0.2) is 6.10 Å². The van der Waals surface area contributed by atoms with Crippen LogP contribution in [0.25, 0.3) is 0 Å². The number of esters is 1. The van der Waals surface area contributed by atoms with Crippen LogP contribution in [0.1, 0.15) is 34.6 Å². The van der Waals surface area contributed by atoms with Crippen molar-refractivity contribution in [3.63, 3.8) is 0 Å². The Kier molecular flexibility index (Phi) is 5.58. The molecule has 1 heterocycles. The van der Waals surface area contributed by atoms with Gasteiger partial charge in [0.05, 0.1) is 16.1 Å². The summed E-state index contributed by atoms with van der Waals surface area (Å²) in [6, 6.07) is 10.1. The van der Waals surface area contributed by atoms with E-state index in [1.165, 1.54) is 50.2 Å². The van der Waals surface area contributed by atoms with Gasteiger partial charge >= 0.3 is 5.97 Å². The third-order valence-electron chi connectivity index (χ3n) is 4.56. The molecule has 10 heteroatoms. The van der Waals surface area contributed by atoms with Crippen molar-refractivity contribution >= 4 is 35.1 Å². The molecule has 0 aromatic heterocycles. The van der Waals surface area contributed by atoms with Crippen molar-refractivity contribution in [3.8, 4) is 0 Å². The molecule has 10 nitrogen and oxygen atoms in total. The SMILES string of the molecule is C[C@H](OC(=O)[C@H](C)N1C(=O)c2ccccc2C1=O)C(=O)Nc1ccc([N+](=O)[O-])cc1. The molecular formula is C20H17N3O7. The maximum atomic E-state index is 12.5. The number of nitrogens with zero attached hydrogens (tertiary/aromatic N) is 2. The molecule has 1 aliphatic heterocycles. The zero-order valence-corrected chi connectivity index (χ0v) is 16.0. The van der Waals surface area contributed by atoms with E-state index in [1.807, 2.05) is 0 Å². The maximum Gasteiger partial charge on any atom is 0.329 e. The average Bonchev–Trinajstić information content (AvgIpc) is 2.98. The first-order valence-corrected chi connectivity index (χ1v) is 8.93. The minimum atomic E-state index is -1.23. The number of benzene rings is 2. The number of imide groups is 1. The molecule has 154 valence electrons. The van der Waals surface area contributed by atoms with E-state index in [4.69, 9.17) is 4.74 Å². The van der Waals surface area contributed by atoms with Crippen LogP contribution in [-0.2, 0) is 14.3 Å². The number of nitro benzene ring substituents is 1. The molecule has 2 atom stereocenters. The highest BCUT2D eigenvalue weighted by Gasteiger charge is 2.41. The lowest BCUT2D eigenvalue weighted by atomic mass is 10.1. The third kappa shape index (κ3) is 3.88. The Balaban J connectivity index is 1.62. The highest BCUT2D eigenvalue weighted by molar-refractivity contribution is 6.22. The molecule has 3 amide bonds. The molecule has 1 aliphatic rings. The van der Waals surface area contributed by atoms with Crippen molar-refractivity contribution in [1.82, 2.24) is 4.90 Å². The molecule has 0 bridgehead atoms. The minimum Gasteiger partial charge on any atom is -0.451 e. The number of non-ortho nitro benzene ring substituents is 1. The van der Waals surface area contributed by atoms with Crippen molar-refractivity contribution in [1.29, 1.82) is 0 Å². The zero-order chi connectivity index (χ0) is 22.0. The van der Waals surface area contributed by atoms with Crippen molar-refractivity contribution in [2.24, 2.45) is 0 Å². The summed E-state index contributed by atoms with van der Waals surface area (Å²) in [5.41, 5.74) is 0.543. The summed E-state index contributed by atoms with van der Waals surface area (Å²) in [5.74, 6) is -2.81. The molecule has 1 N–H and O–H groups in total. The molecule has 0 spiro atoms. The second-order valence-electron chi connectivity index (χ2n) is 6.57. The van der Waals surface area contributed by atoms with E-state index < -0.39 is 40.8 Å². The summed E-state index contributed by atoms with van der Waals surface area (Å²) in [5, 5.41) is 13.1. The highest BCUT2D eigenvalue weighted by atomic mass is 16.6. The van der Waals surface area contributed by atoms with Crippen LogP contribution in [0.2, 0.25) is 0 Å². The lowest BCUT2D eigenvalue weighted by Gasteiger charge is -2.22. The van der Waals surface area contributed by atoms with E-state index in [1.54, 1.807) is 12.1 Å². The van der Waals surface area contributed by atoms with Gasteiger partial charge < -0.3 is 10.1 Å². The number of amides is 3. The molecule has 0 saturated carbocycles. The summed E-state index contributed by atoms with van der Waals surface area (Å²) < 4.78 is 5.11. The number of fused-ring (bicyclic) bond motifs is 1. The number of nitrogens with one attached hydrogen (secondary N) is 1. The third-order valence-corrected chi connectivity index (χ3v) is 4.56. The number of rotatable bonds is 6. The van der Waals surface area contributed by atoms with Gasteiger partial charge in [0, 0.05) is 17.8 Å². The number of carbonyl (C=O) groups is 4. The summed E-state index contributed by atoms with van der Waals surface area (Å²) in [4.78, 5) is 60.5. The van der Waals surface area contributed by atoms with Crippen molar-refractivity contribution < 1.29 is 28.8 Å². The van der Waals surface area contributed by atoms with Crippen LogP contribution < -0.4 is 5.32 Å². The fourth-order valence-corrected chi connectivity index (χ4v) is 2.90. The number of nitro groups is 1. The average molecular weight is 411 g/mol. The molecule has 3 rings (SSSR count). The summed E-state index contributed by atoms with van der Waals surface area (Å²) in [6.45, 7) is 2.67. The van der Waals surface area contributed by atoms with Gasteiger partial charge in [-0.3, -0.25) is 29.4 Å². The molecule has 2 aromatic rings. The van der Waals surface area contributed by atoms with Gasteiger partial charge in [-0.2, -0.15) is 0 Å². The van der Waals surface area contributed by atoms with Crippen LogP contribution >= 0.6 is 0 Å². The van der Waals surface area contributed by atoms with Crippen LogP contribution in [0.4, 0.5) is 11.4 Å². The zero-order valence-electron chi connectivity index (χ0n) is 16.0. The van der Waals surface area contributed by atoms with E-state index in [0.717, 1.165) is 4.90 Å². The van der Waals surface area contributed by atoms with Crippen molar-refractivity contribution in [2.75, 3.05) is 5.32 Å². The highest BCUT2D eigenvalue weighted by Crippen LogP contribution is 2.25. The van der Waals surface area contributed by atoms with Gasteiger partial charge in [-0.15, -0.1) is 0 Å². The van der Waals surface area contributed by atoms with E-state index in [9.17, 15) is 29.3 Å². The van der Waals surface area contributed by atoms with E-state index >= 15 is 0 Å². The predicted molar refractivity (Wildman–Crippen MR) is 104 cm³/mol. The Bertz CT molecular complexity index is 1010. The molecule has 0 aliphatic carbocycles. The molecule has 0 radical (unpaired) electrons. The second-order valence-corrected chi connectivity index (χ2v) is 6.57. The molecule has 0 unspecified atom stereocenters. The number of hydrogen-bond donors (Lipinski definition) is 1. The normalized spacial score (nSPS) is 14.7. The molecule has 0 saturated heterocycles. The first kappa shape index (κ1) is 20.6. The quantitative estimate of drug-likeness (QED) is 0.333. The largest absolute Gasteiger partial charge is 0.451 e. The van der Waals surface area contributed by atoms with Gasteiger partial charge in [-0.1, -0.05) is 12.1 Å². The van der Waals surface area contributed by atoms with E-state index in [-0.39, 0.29) is 22.5 Å². The molecule has 2 aromatic carbocycles. The monoisotopic (exact) mass is 411 g/mol. The Hall–Kier alpha value is -4.08.